The second kappa shape index (κ2) is 13.0. The second-order valence-corrected chi connectivity index (χ2v) is 4.62. The van der Waals surface area contributed by atoms with Crippen molar-refractivity contribution >= 4 is 23.5 Å². The predicted molar refractivity (Wildman–Crippen MR) is 50.6 cm³/mol. The van der Waals surface area contributed by atoms with E-state index in [1.54, 1.807) is 0 Å². The first-order chi connectivity index (χ1) is 6.00. The topological polar surface area (TPSA) is 233 Å². The molecular weight excluding hydrogens is 336 g/mol. The van der Waals surface area contributed by atoms with Crippen molar-refractivity contribution in [1.82, 2.24) is 0 Å². The van der Waals surface area contributed by atoms with Crippen LogP contribution in [0.4, 0.5) is 0 Å². The Morgan fingerprint density at radius 2 is 0.529 bits per heavy atom. The van der Waals surface area contributed by atoms with Crippen molar-refractivity contribution in [3.05, 3.63) is 0 Å². The Labute approximate surface area is 140 Å². The van der Waals surface area contributed by atoms with Crippen molar-refractivity contribution in [2.75, 3.05) is 0 Å². The van der Waals surface area contributed by atoms with Crippen LogP contribution in [-0.2, 0) is 13.7 Å². The first-order valence-electron chi connectivity index (χ1n) is 2.35. The average Bonchev–Trinajstić information content (AvgIpc) is 1.41. The summed E-state index contributed by atoms with van der Waals surface area (Å²) >= 11 is 0. The molecule has 16 heteroatoms. The molecule has 0 aliphatic rings. The van der Waals surface area contributed by atoms with E-state index in [-0.39, 0.29) is 60.2 Å². The molecule has 17 heavy (non-hydrogen) atoms. The normalized spacial score (nSPS) is 10.4. The summed E-state index contributed by atoms with van der Waals surface area (Å²) in [6, 6.07) is 0. The standard InChI is InChI=1S/CH4.K.3H3O4P.H/c;;3*1-5(2,3)4;/h1H4;;3*(H3,1,2,3,4);/q;+1;;;;-1. The molecule has 0 aromatic rings. The van der Waals surface area contributed by atoms with Crippen molar-refractivity contribution in [2.45, 2.75) is 7.43 Å². The van der Waals surface area contributed by atoms with Gasteiger partial charge in [-0.2, -0.15) is 0 Å². The van der Waals surface area contributed by atoms with Gasteiger partial charge in [-0.05, 0) is 0 Å². The quantitative estimate of drug-likeness (QED) is 0.147. The van der Waals surface area contributed by atoms with E-state index in [1.807, 2.05) is 0 Å². The van der Waals surface area contributed by atoms with Gasteiger partial charge >= 0.3 is 74.9 Å². The van der Waals surface area contributed by atoms with Crippen LogP contribution in [0.5, 0.6) is 0 Å². The third-order valence-electron chi connectivity index (χ3n) is 0. The Balaban J connectivity index is -0.0000000277. The third-order valence-corrected chi connectivity index (χ3v) is 0. The molecule has 0 fully saturated rings. The van der Waals surface area contributed by atoms with Gasteiger partial charge in [0.05, 0.1) is 0 Å². The van der Waals surface area contributed by atoms with E-state index in [2.05, 4.69) is 0 Å². The molecule has 0 aliphatic carbocycles. The van der Waals surface area contributed by atoms with Crippen LogP contribution in [0.3, 0.4) is 0 Å². The van der Waals surface area contributed by atoms with Gasteiger partial charge in [0.2, 0.25) is 0 Å². The number of phosphoric acid groups is 3. The molecule has 0 bridgehead atoms. The maximum absolute atomic E-state index is 8.88. The molecule has 0 saturated heterocycles. The number of hydrogen-bond acceptors (Lipinski definition) is 3. The molecule has 0 aromatic carbocycles. The largest absolute Gasteiger partial charge is 1.00 e. The van der Waals surface area contributed by atoms with E-state index < -0.39 is 23.5 Å². The summed E-state index contributed by atoms with van der Waals surface area (Å²) in [6.45, 7) is 0. The van der Waals surface area contributed by atoms with Crippen molar-refractivity contribution in [3.63, 3.8) is 0 Å². The minimum Gasteiger partial charge on any atom is -1.00 e. The van der Waals surface area contributed by atoms with Crippen LogP contribution in [0.25, 0.3) is 0 Å². The third kappa shape index (κ3) is 1180. The summed E-state index contributed by atoms with van der Waals surface area (Å²) in [7, 11) is -13.9. The Hall–Kier alpha value is 1.97. The summed E-state index contributed by atoms with van der Waals surface area (Å²) in [5.74, 6) is 0. The Kier molecular flexibility index (Phi) is 24.0. The molecule has 0 aliphatic heterocycles. The zero-order valence-corrected chi connectivity index (χ0v) is 13.4. The molecule has 0 atom stereocenters. The Bertz CT molecular complexity index is 213. The molecule has 0 aromatic heterocycles. The van der Waals surface area contributed by atoms with Gasteiger partial charge in [0.1, 0.15) is 0 Å². The second-order valence-electron chi connectivity index (χ2n) is 1.54. The predicted octanol–water partition coefficient (Wildman–Crippen LogP) is -5.03. The van der Waals surface area contributed by atoms with Crippen LogP contribution in [0.15, 0.2) is 0 Å². The van der Waals surface area contributed by atoms with Gasteiger partial charge in [0.25, 0.3) is 0 Å². The minimum atomic E-state index is -4.64. The molecule has 9 N–H and O–H groups in total. The van der Waals surface area contributed by atoms with Crippen molar-refractivity contribution in [1.29, 1.82) is 0 Å². The van der Waals surface area contributed by atoms with E-state index in [1.165, 1.54) is 0 Å². The average molecular weight is 350 g/mol. The molecule has 0 unspecified atom stereocenters. The van der Waals surface area contributed by atoms with Crippen LogP contribution >= 0.6 is 23.5 Å². The molecular formula is CH14KO12P3. The minimum absolute atomic E-state index is 0. The maximum atomic E-state index is 8.88. The monoisotopic (exact) mass is 350 g/mol. The van der Waals surface area contributed by atoms with Crippen molar-refractivity contribution in [3.8, 4) is 0 Å². The van der Waals surface area contributed by atoms with Crippen LogP contribution in [-0.4, -0.2) is 44.0 Å². The first kappa shape index (κ1) is 31.4. The van der Waals surface area contributed by atoms with E-state index in [4.69, 9.17) is 57.7 Å². The number of rotatable bonds is 0. The summed E-state index contributed by atoms with van der Waals surface area (Å²) in [5.41, 5.74) is 0. The Morgan fingerprint density at radius 1 is 0.529 bits per heavy atom. The fraction of sp³-hybridized carbons (Fsp3) is 1.00. The van der Waals surface area contributed by atoms with E-state index in [9.17, 15) is 0 Å². The fourth-order valence-corrected chi connectivity index (χ4v) is 0. The SMILES string of the molecule is C.O=P(O)(O)O.O=P(O)(O)O.O=P(O)(O)O.[H-].[K+]. The molecule has 0 rings (SSSR count). The number of hydrogen-bond donors (Lipinski definition) is 9. The van der Waals surface area contributed by atoms with Crippen molar-refractivity contribution < 1.29 is 111 Å². The fourth-order valence-electron chi connectivity index (χ4n) is 0. The van der Waals surface area contributed by atoms with Gasteiger partial charge in [0.15, 0.2) is 0 Å². The van der Waals surface area contributed by atoms with Gasteiger partial charge < -0.3 is 45.5 Å². The van der Waals surface area contributed by atoms with Gasteiger partial charge in [-0.3, -0.25) is 0 Å². The van der Waals surface area contributed by atoms with Crippen LogP contribution in [0.2, 0.25) is 0 Å². The molecule has 0 radical (unpaired) electrons. The summed E-state index contributed by atoms with van der Waals surface area (Å²) in [5, 5.41) is 0. The molecule has 0 saturated carbocycles. The smallest absolute Gasteiger partial charge is 1.00 e. The van der Waals surface area contributed by atoms with Crippen LogP contribution in [0, 0.1) is 0 Å². The van der Waals surface area contributed by atoms with E-state index in [0.717, 1.165) is 0 Å². The van der Waals surface area contributed by atoms with Gasteiger partial charge in [-0.1, -0.05) is 7.43 Å². The molecule has 12 nitrogen and oxygen atoms in total. The van der Waals surface area contributed by atoms with Crippen molar-refractivity contribution in [2.24, 2.45) is 0 Å². The Morgan fingerprint density at radius 3 is 0.529 bits per heavy atom. The molecule has 0 spiro atoms. The van der Waals surface area contributed by atoms with Crippen LogP contribution < -0.4 is 51.4 Å². The molecule has 106 valence electrons. The maximum Gasteiger partial charge on any atom is 1.00 e. The zero-order chi connectivity index (χ0) is 13.5. The van der Waals surface area contributed by atoms with E-state index >= 15 is 0 Å². The summed E-state index contributed by atoms with van der Waals surface area (Å²) in [6.07, 6.45) is 0. The van der Waals surface area contributed by atoms with Gasteiger partial charge in [-0.25, -0.2) is 13.7 Å². The van der Waals surface area contributed by atoms with E-state index in [0.29, 0.717) is 0 Å². The van der Waals surface area contributed by atoms with Crippen LogP contribution in [0.1, 0.15) is 8.85 Å². The van der Waals surface area contributed by atoms with Gasteiger partial charge in [0, 0.05) is 0 Å². The summed E-state index contributed by atoms with van der Waals surface area (Å²) in [4.78, 5) is 64.7. The molecule has 0 heterocycles. The molecule has 0 amide bonds. The summed E-state index contributed by atoms with van der Waals surface area (Å²) < 4.78 is 26.6. The first-order valence-corrected chi connectivity index (χ1v) is 7.04. The van der Waals surface area contributed by atoms with Gasteiger partial charge in [-0.15, -0.1) is 0 Å². The zero-order valence-electron chi connectivity index (χ0n) is 8.59.